The van der Waals surface area contributed by atoms with E-state index in [4.69, 9.17) is 23.2 Å². The number of rotatable bonds is 4. The molecule has 0 aliphatic carbocycles. The minimum atomic E-state index is -0.584. The van der Waals surface area contributed by atoms with Gasteiger partial charge in [-0.05, 0) is 36.4 Å². The Balaban J connectivity index is 1.65. The van der Waals surface area contributed by atoms with E-state index >= 15 is 0 Å². The molecule has 3 aromatic rings. The Labute approximate surface area is 188 Å². The van der Waals surface area contributed by atoms with Crippen molar-refractivity contribution < 1.29 is 14.0 Å². The van der Waals surface area contributed by atoms with Gasteiger partial charge >= 0.3 is 0 Å². The molecular formula is C23H16Cl2FN3O2. The van der Waals surface area contributed by atoms with Crippen LogP contribution in [-0.4, -0.2) is 30.6 Å². The van der Waals surface area contributed by atoms with Gasteiger partial charge in [0, 0.05) is 21.8 Å². The van der Waals surface area contributed by atoms with Gasteiger partial charge in [0.25, 0.3) is 0 Å². The largest absolute Gasteiger partial charge is 0.324 e. The predicted octanol–water partition coefficient (Wildman–Crippen LogP) is 4.96. The first-order valence-electron chi connectivity index (χ1n) is 9.37. The number of fused-ring (bicyclic) bond motifs is 1. The van der Waals surface area contributed by atoms with Gasteiger partial charge in [-0.3, -0.25) is 14.6 Å². The first-order valence-corrected chi connectivity index (χ1v) is 10.1. The maximum atomic E-state index is 13.4. The molecule has 0 unspecified atom stereocenters. The summed E-state index contributed by atoms with van der Waals surface area (Å²) in [5.74, 6) is -1.37. The summed E-state index contributed by atoms with van der Waals surface area (Å²) in [6.07, 6.45) is 0. The number of nitrogens with zero attached hydrogens (tertiary/aromatic N) is 2. The zero-order valence-electron chi connectivity index (χ0n) is 16.1. The normalized spacial score (nSPS) is 13.3. The summed E-state index contributed by atoms with van der Waals surface area (Å²) in [5.41, 5.74) is 2.98. The number of amides is 2. The van der Waals surface area contributed by atoms with Crippen LogP contribution in [0.1, 0.15) is 11.1 Å². The van der Waals surface area contributed by atoms with E-state index in [1.165, 1.54) is 17.0 Å². The number of halogens is 3. The van der Waals surface area contributed by atoms with Gasteiger partial charge in [-0.1, -0.05) is 53.5 Å². The Morgan fingerprint density at radius 3 is 2.58 bits per heavy atom. The van der Waals surface area contributed by atoms with E-state index in [9.17, 15) is 14.0 Å². The van der Waals surface area contributed by atoms with Crippen LogP contribution in [0.5, 0.6) is 0 Å². The number of carbonyl (C=O) groups excluding carboxylic acids is 2. The molecule has 156 valence electrons. The van der Waals surface area contributed by atoms with E-state index in [1.54, 1.807) is 18.2 Å². The molecule has 8 heteroatoms. The van der Waals surface area contributed by atoms with Gasteiger partial charge in [0.05, 0.1) is 16.4 Å². The average Bonchev–Trinajstić information content (AvgIpc) is 2.88. The summed E-state index contributed by atoms with van der Waals surface area (Å²) in [4.78, 5) is 31.4. The fourth-order valence-electron chi connectivity index (χ4n) is 3.32. The third kappa shape index (κ3) is 4.60. The quantitative estimate of drug-likeness (QED) is 0.604. The lowest BCUT2D eigenvalue weighted by Crippen LogP contribution is -2.39. The standard InChI is InChI=1S/C23H16Cl2FN3O2/c24-15-6-9-20-17(10-15)23(14-4-2-1-3-5-14)27-12-22(31)29(20)13-21(30)28-16-7-8-19(26)18(25)11-16/h1-11H,12-13H2,(H,28,30). The molecule has 1 N–H and O–H groups in total. The Hall–Kier alpha value is -3.22. The lowest BCUT2D eigenvalue weighted by Gasteiger charge is -2.23. The van der Waals surface area contributed by atoms with Crippen molar-refractivity contribution in [2.24, 2.45) is 4.99 Å². The van der Waals surface area contributed by atoms with Crippen molar-refractivity contribution in [1.29, 1.82) is 0 Å². The molecule has 4 rings (SSSR count). The monoisotopic (exact) mass is 455 g/mol. The highest BCUT2D eigenvalue weighted by molar-refractivity contribution is 6.32. The number of carbonyl (C=O) groups is 2. The Morgan fingerprint density at radius 1 is 1.06 bits per heavy atom. The predicted molar refractivity (Wildman–Crippen MR) is 121 cm³/mol. The van der Waals surface area contributed by atoms with E-state index < -0.39 is 11.7 Å². The molecule has 0 saturated heterocycles. The zero-order valence-corrected chi connectivity index (χ0v) is 17.6. The van der Waals surface area contributed by atoms with Gasteiger partial charge in [-0.25, -0.2) is 4.39 Å². The van der Waals surface area contributed by atoms with Crippen LogP contribution in [0.15, 0.2) is 71.7 Å². The van der Waals surface area contributed by atoms with Crippen LogP contribution < -0.4 is 10.2 Å². The van der Waals surface area contributed by atoms with Crippen LogP contribution in [0.2, 0.25) is 10.0 Å². The van der Waals surface area contributed by atoms with Crippen molar-refractivity contribution >= 4 is 52.1 Å². The second-order valence-electron chi connectivity index (χ2n) is 6.85. The zero-order chi connectivity index (χ0) is 22.0. The Kier molecular flexibility index (Phi) is 6.02. The first-order chi connectivity index (χ1) is 14.9. The number of hydrogen-bond acceptors (Lipinski definition) is 3. The summed E-state index contributed by atoms with van der Waals surface area (Å²) in [7, 11) is 0. The smallest absolute Gasteiger partial charge is 0.249 e. The molecule has 3 aromatic carbocycles. The maximum Gasteiger partial charge on any atom is 0.249 e. The van der Waals surface area contributed by atoms with E-state index in [1.807, 2.05) is 30.3 Å². The van der Waals surface area contributed by atoms with E-state index in [0.29, 0.717) is 27.7 Å². The first kappa shape index (κ1) is 21.0. The Morgan fingerprint density at radius 2 is 1.84 bits per heavy atom. The van der Waals surface area contributed by atoms with E-state index in [0.717, 1.165) is 11.6 Å². The summed E-state index contributed by atoms with van der Waals surface area (Å²) >= 11 is 12.0. The average molecular weight is 456 g/mol. The fraction of sp³-hybridized carbons (Fsp3) is 0.0870. The number of hydrogen-bond donors (Lipinski definition) is 1. The molecule has 1 heterocycles. The summed E-state index contributed by atoms with van der Waals surface area (Å²) < 4.78 is 13.4. The van der Waals surface area contributed by atoms with Gasteiger partial charge in [0.2, 0.25) is 11.8 Å². The number of benzene rings is 3. The van der Waals surface area contributed by atoms with Gasteiger partial charge in [-0.2, -0.15) is 0 Å². The van der Waals surface area contributed by atoms with Crippen LogP contribution in [0.3, 0.4) is 0 Å². The van der Waals surface area contributed by atoms with Crippen LogP contribution in [0.4, 0.5) is 15.8 Å². The van der Waals surface area contributed by atoms with E-state index in [-0.39, 0.29) is 24.0 Å². The van der Waals surface area contributed by atoms with Gasteiger partial charge in [0.15, 0.2) is 0 Å². The van der Waals surface area contributed by atoms with Gasteiger partial charge in [-0.15, -0.1) is 0 Å². The second kappa shape index (κ2) is 8.88. The van der Waals surface area contributed by atoms with Crippen molar-refractivity contribution in [2.75, 3.05) is 23.3 Å². The number of benzodiazepines with no additional fused rings is 1. The highest BCUT2D eigenvalue weighted by Gasteiger charge is 2.27. The molecule has 31 heavy (non-hydrogen) atoms. The second-order valence-corrected chi connectivity index (χ2v) is 7.69. The van der Waals surface area contributed by atoms with Crippen molar-refractivity contribution in [1.82, 2.24) is 0 Å². The van der Waals surface area contributed by atoms with Crippen molar-refractivity contribution in [3.05, 3.63) is 93.7 Å². The van der Waals surface area contributed by atoms with Crippen molar-refractivity contribution in [3.8, 4) is 0 Å². The van der Waals surface area contributed by atoms with Crippen LogP contribution >= 0.6 is 23.2 Å². The number of nitrogens with one attached hydrogen (secondary N) is 1. The van der Waals surface area contributed by atoms with Crippen molar-refractivity contribution in [3.63, 3.8) is 0 Å². The lowest BCUT2D eigenvalue weighted by molar-refractivity contribution is -0.120. The fourth-order valence-corrected chi connectivity index (χ4v) is 3.67. The third-order valence-corrected chi connectivity index (χ3v) is 5.26. The van der Waals surface area contributed by atoms with Crippen LogP contribution in [-0.2, 0) is 9.59 Å². The minimum Gasteiger partial charge on any atom is -0.324 e. The molecule has 0 aromatic heterocycles. The van der Waals surface area contributed by atoms with Gasteiger partial charge < -0.3 is 10.2 Å². The molecule has 0 saturated carbocycles. The van der Waals surface area contributed by atoms with Crippen LogP contribution in [0, 0.1) is 5.82 Å². The van der Waals surface area contributed by atoms with E-state index in [2.05, 4.69) is 10.3 Å². The molecule has 2 amide bonds. The summed E-state index contributed by atoms with van der Waals surface area (Å²) in [5, 5.41) is 3.02. The maximum absolute atomic E-state index is 13.4. The SMILES string of the molecule is O=C(CN1C(=O)CN=C(c2ccccc2)c2cc(Cl)ccc21)Nc1ccc(F)c(Cl)c1. The molecule has 0 atom stereocenters. The topological polar surface area (TPSA) is 61.8 Å². The number of aliphatic imine (C=N–C) groups is 1. The summed E-state index contributed by atoms with van der Waals surface area (Å²) in [6.45, 7) is -0.369. The molecule has 0 radical (unpaired) electrons. The molecular weight excluding hydrogens is 440 g/mol. The highest BCUT2D eigenvalue weighted by Crippen LogP contribution is 2.30. The lowest BCUT2D eigenvalue weighted by atomic mass is 10.00. The number of anilines is 2. The Bertz CT molecular complexity index is 1200. The third-order valence-electron chi connectivity index (χ3n) is 4.73. The van der Waals surface area contributed by atoms with Gasteiger partial charge in [0.1, 0.15) is 18.9 Å². The molecule has 5 nitrogen and oxygen atoms in total. The minimum absolute atomic E-state index is 0.107. The molecule has 0 fully saturated rings. The molecule has 1 aliphatic heterocycles. The van der Waals surface area contributed by atoms with Crippen molar-refractivity contribution in [2.45, 2.75) is 0 Å². The molecule has 1 aliphatic rings. The highest BCUT2D eigenvalue weighted by atomic mass is 35.5. The molecule has 0 bridgehead atoms. The summed E-state index contributed by atoms with van der Waals surface area (Å²) in [6, 6.07) is 18.4. The van der Waals surface area contributed by atoms with Crippen LogP contribution in [0.25, 0.3) is 0 Å². The molecule has 0 spiro atoms.